The van der Waals surface area contributed by atoms with E-state index in [9.17, 15) is 26.8 Å². The number of unbranched alkanes of at least 4 members (excludes halogenated alkanes) is 7. The van der Waals surface area contributed by atoms with Crippen LogP contribution in [-0.2, 0) is 21.2 Å². The number of benzene rings is 1. The lowest BCUT2D eigenvalue weighted by atomic mass is 9.89. The molecule has 2 heterocycles. The van der Waals surface area contributed by atoms with E-state index in [1.54, 1.807) is 7.05 Å². The fourth-order valence-corrected chi connectivity index (χ4v) is 7.33. The number of halogens is 2. The summed E-state index contributed by atoms with van der Waals surface area (Å²) in [6.07, 6.45) is 7.16. The quantitative estimate of drug-likeness (QED) is 0.249. The van der Waals surface area contributed by atoms with Gasteiger partial charge in [-0.2, -0.15) is 0 Å². The fourth-order valence-electron chi connectivity index (χ4n) is 5.87. The maximum absolute atomic E-state index is 13.2. The molecule has 0 aliphatic carbocycles. The van der Waals surface area contributed by atoms with Gasteiger partial charge in [0.25, 0.3) is 5.91 Å². The normalized spacial score (nSPS) is 17.1. The van der Waals surface area contributed by atoms with Crippen molar-refractivity contribution in [2.24, 2.45) is 10.7 Å². The van der Waals surface area contributed by atoms with Crippen molar-refractivity contribution >= 4 is 33.5 Å². The van der Waals surface area contributed by atoms with Crippen LogP contribution in [0.2, 0.25) is 0 Å². The number of aliphatic imine (C=N–C) groups is 1. The molecule has 0 radical (unpaired) electrons. The van der Waals surface area contributed by atoms with Crippen LogP contribution < -0.4 is 16.0 Å². The Bertz CT molecular complexity index is 1210. The van der Waals surface area contributed by atoms with E-state index in [4.69, 9.17) is 10.7 Å². The Kier molecular flexibility index (Phi) is 12.3. The van der Waals surface area contributed by atoms with Crippen LogP contribution in [0.4, 0.5) is 19.3 Å². The van der Waals surface area contributed by atoms with Gasteiger partial charge in [-0.3, -0.25) is 14.7 Å². The third-order valence-electron chi connectivity index (χ3n) is 8.57. The number of primary amides is 1. The second kappa shape index (κ2) is 15.2. The van der Waals surface area contributed by atoms with Crippen LogP contribution in [0.5, 0.6) is 0 Å². The van der Waals surface area contributed by atoms with E-state index in [0.29, 0.717) is 43.6 Å². The van der Waals surface area contributed by atoms with E-state index in [1.807, 2.05) is 26.0 Å². The average molecular weight is 612 g/mol. The Morgan fingerprint density at radius 1 is 1.02 bits per heavy atom. The van der Waals surface area contributed by atoms with Gasteiger partial charge in [-0.1, -0.05) is 38.5 Å². The molecule has 3 N–H and O–H groups in total. The summed E-state index contributed by atoms with van der Waals surface area (Å²) >= 11 is 0. The predicted molar refractivity (Wildman–Crippen MR) is 163 cm³/mol. The zero-order chi connectivity index (χ0) is 30.9. The SMILES string of the molecule is Cc1cc(N(C)C(N)=O)cc(C)c1CCS(=O)(=O)N1CCC2(CC1)N=C(CCCCCCCCCCC(F)F)NC2=O. The van der Waals surface area contributed by atoms with Crippen molar-refractivity contribution in [3.63, 3.8) is 0 Å². The number of carbonyl (C=O) groups excluding carboxylic acids is 2. The van der Waals surface area contributed by atoms with Gasteiger partial charge in [-0.05, 0) is 74.8 Å². The molecule has 2 aliphatic rings. The van der Waals surface area contributed by atoms with Crippen LogP contribution in [0.15, 0.2) is 17.1 Å². The van der Waals surface area contributed by atoms with E-state index in [-0.39, 0.29) is 31.2 Å². The van der Waals surface area contributed by atoms with E-state index < -0.39 is 28.0 Å². The standard InChI is InChI=1S/C30H47F2N5O4S/c1-22-20-24(36(3)29(33)39)21-23(2)25(22)14-19-42(40,41)37-17-15-30(16-18-37)28(38)34-27(35-30)13-11-9-7-5-4-6-8-10-12-26(31)32/h20-21,26H,4-19H2,1-3H3,(H2,33,39)(H,34,35,38). The summed E-state index contributed by atoms with van der Waals surface area (Å²) in [5.41, 5.74) is 7.90. The topological polar surface area (TPSA) is 125 Å². The second-order valence-electron chi connectivity index (χ2n) is 11.7. The van der Waals surface area contributed by atoms with Gasteiger partial charge >= 0.3 is 6.03 Å². The number of nitrogens with zero attached hydrogens (tertiary/aromatic N) is 3. The molecule has 0 saturated carbocycles. The van der Waals surface area contributed by atoms with Crippen LogP contribution in [0.3, 0.4) is 0 Å². The monoisotopic (exact) mass is 611 g/mol. The number of nitrogens with one attached hydrogen (secondary N) is 1. The van der Waals surface area contributed by atoms with Crippen molar-refractivity contribution in [3.8, 4) is 0 Å². The lowest BCUT2D eigenvalue weighted by molar-refractivity contribution is -0.124. The Balaban J connectivity index is 1.43. The molecule has 42 heavy (non-hydrogen) atoms. The van der Waals surface area contributed by atoms with Crippen LogP contribution in [0, 0.1) is 13.8 Å². The highest BCUT2D eigenvalue weighted by atomic mass is 32.2. The lowest BCUT2D eigenvalue weighted by Gasteiger charge is -2.34. The molecule has 3 rings (SSSR count). The van der Waals surface area contributed by atoms with Crippen molar-refractivity contribution in [2.75, 3.05) is 30.8 Å². The third-order valence-corrected chi connectivity index (χ3v) is 10.4. The first-order chi connectivity index (χ1) is 19.8. The third kappa shape index (κ3) is 9.20. The molecule has 0 unspecified atom stereocenters. The molecule has 1 fully saturated rings. The number of aryl methyl sites for hydroxylation is 2. The largest absolute Gasteiger partial charge is 0.351 e. The molecule has 236 valence electrons. The number of urea groups is 1. The van der Waals surface area contributed by atoms with Gasteiger partial charge in [-0.15, -0.1) is 0 Å². The summed E-state index contributed by atoms with van der Waals surface area (Å²) < 4.78 is 52.2. The molecular weight excluding hydrogens is 564 g/mol. The van der Waals surface area contributed by atoms with Gasteiger partial charge in [0, 0.05) is 38.7 Å². The van der Waals surface area contributed by atoms with Gasteiger partial charge in [0.05, 0.1) is 5.75 Å². The molecule has 1 spiro atoms. The molecule has 0 aromatic heterocycles. The highest BCUT2D eigenvalue weighted by molar-refractivity contribution is 7.89. The molecule has 1 saturated heterocycles. The first-order valence-corrected chi connectivity index (χ1v) is 16.7. The van der Waals surface area contributed by atoms with E-state index in [2.05, 4.69) is 5.32 Å². The van der Waals surface area contributed by atoms with E-state index in [1.165, 1.54) is 9.21 Å². The number of amidine groups is 1. The molecule has 3 amide bonds. The fraction of sp³-hybridized carbons (Fsp3) is 0.700. The number of rotatable bonds is 16. The van der Waals surface area contributed by atoms with Gasteiger partial charge in [0.1, 0.15) is 11.4 Å². The zero-order valence-electron chi connectivity index (χ0n) is 25.3. The summed E-state index contributed by atoms with van der Waals surface area (Å²) in [5.74, 6) is 0.522. The van der Waals surface area contributed by atoms with Gasteiger partial charge in [0.15, 0.2) is 0 Å². The Hall–Kier alpha value is -2.60. The van der Waals surface area contributed by atoms with Crippen molar-refractivity contribution in [1.82, 2.24) is 9.62 Å². The minimum atomic E-state index is -3.53. The van der Waals surface area contributed by atoms with Crippen LogP contribution in [0.1, 0.15) is 93.7 Å². The van der Waals surface area contributed by atoms with Crippen LogP contribution in [0.25, 0.3) is 0 Å². The van der Waals surface area contributed by atoms with Gasteiger partial charge in [-0.25, -0.2) is 26.3 Å². The highest BCUT2D eigenvalue weighted by Crippen LogP contribution is 2.32. The molecule has 12 heteroatoms. The summed E-state index contributed by atoms with van der Waals surface area (Å²) in [4.78, 5) is 30.5. The average Bonchev–Trinajstić information content (AvgIpc) is 3.22. The first kappa shape index (κ1) is 33.9. The van der Waals surface area contributed by atoms with Crippen LogP contribution >= 0.6 is 0 Å². The van der Waals surface area contributed by atoms with Crippen molar-refractivity contribution in [1.29, 1.82) is 0 Å². The number of anilines is 1. The Morgan fingerprint density at radius 3 is 2.12 bits per heavy atom. The summed E-state index contributed by atoms with van der Waals surface area (Å²) in [6, 6.07) is 3.11. The summed E-state index contributed by atoms with van der Waals surface area (Å²) in [5, 5.41) is 2.93. The summed E-state index contributed by atoms with van der Waals surface area (Å²) in [6.45, 7) is 4.30. The molecule has 2 aliphatic heterocycles. The Morgan fingerprint density at radius 2 is 1.57 bits per heavy atom. The van der Waals surface area contributed by atoms with Crippen molar-refractivity contribution in [3.05, 3.63) is 28.8 Å². The number of amides is 3. The molecule has 0 atom stereocenters. The Labute approximate surface area is 249 Å². The lowest BCUT2D eigenvalue weighted by Crippen LogP contribution is -2.50. The number of sulfonamides is 1. The number of alkyl halides is 2. The van der Waals surface area contributed by atoms with E-state index >= 15 is 0 Å². The van der Waals surface area contributed by atoms with Crippen molar-refractivity contribution in [2.45, 2.75) is 109 Å². The number of piperidine rings is 1. The van der Waals surface area contributed by atoms with Gasteiger partial charge in [0.2, 0.25) is 16.4 Å². The second-order valence-corrected chi connectivity index (χ2v) is 13.8. The number of hydrogen-bond donors (Lipinski definition) is 2. The maximum atomic E-state index is 13.2. The van der Waals surface area contributed by atoms with Crippen molar-refractivity contribution < 1.29 is 26.8 Å². The maximum Gasteiger partial charge on any atom is 0.318 e. The molecular formula is C30H47F2N5O4S. The molecule has 1 aromatic rings. The van der Waals surface area contributed by atoms with E-state index in [0.717, 1.165) is 61.6 Å². The smallest absolute Gasteiger partial charge is 0.318 e. The molecule has 1 aromatic carbocycles. The minimum absolute atomic E-state index is 0.00236. The first-order valence-electron chi connectivity index (χ1n) is 15.1. The highest BCUT2D eigenvalue weighted by Gasteiger charge is 2.47. The number of nitrogens with two attached hydrogens (primary N) is 1. The van der Waals surface area contributed by atoms with Crippen LogP contribution in [-0.4, -0.2) is 68.4 Å². The predicted octanol–water partition coefficient (Wildman–Crippen LogP) is 5.22. The van der Waals surface area contributed by atoms with Gasteiger partial charge < -0.3 is 11.1 Å². The minimum Gasteiger partial charge on any atom is -0.351 e. The number of carbonyl (C=O) groups is 2. The number of hydrogen-bond acceptors (Lipinski definition) is 5. The zero-order valence-corrected chi connectivity index (χ0v) is 26.1. The molecule has 0 bridgehead atoms. The molecule has 9 nitrogen and oxygen atoms in total. The summed E-state index contributed by atoms with van der Waals surface area (Å²) in [7, 11) is -1.94.